The van der Waals surface area contributed by atoms with Gasteiger partial charge in [-0.3, -0.25) is 4.79 Å². The van der Waals surface area contributed by atoms with E-state index >= 15 is 0 Å². The fraction of sp³-hybridized carbons (Fsp3) is 0.476. The molecule has 0 saturated carbocycles. The summed E-state index contributed by atoms with van der Waals surface area (Å²) in [5, 5.41) is -0.564. The quantitative estimate of drug-likeness (QED) is 0.632. The molecule has 0 unspecified atom stereocenters. The number of hydrogen-bond acceptors (Lipinski definition) is 3. The molecule has 176 valence electrons. The lowest BCUT2D eigenvalue weighted by Gasteiger charge is -2.34. The molecular formula is C21H25ClF3N3O3S. The van der Waals surface area contributed by atoms with E-state index in [4.69, 9.17) is 11.6 Å². The fourth-order valence-electron chi connectivity index (χ4n) is 4.12. The molecule has 1 fully saturated rings. The molecule has 0 aliphatic carbocycles. The van der Waals surface area contributed by atoms with Gasteiger partial charge in [-0.1, -0.05) is 11.6 Å². The fourth-order valence-corrected chi connectivity index (χ4v) is 5.79. The van der Waals surface area contributed by atoms with E-state index in [2.05, 4.69) is 4.57 Å². The number of alkyl halides is 3. The van der Waals surface area contributed by atoms with Gasteiger partial charge < -0.3 is 9.47 Å². The van der Waals surface area contributed by atoms with Gasteiger partial charge in [0.05, 0.1) is 21.0 Å². The van der Waals surface area contributed by atoms with Gasteiger partial charge >= 0.3 is 6.18 Å². The number of halogens is 4. The molecular weight excluding hydrogens is 467 g/mol. The number of amides is 1. The van der Waals surface area contributed by atoms with Crippen molar-refractivity contribution in [2.75, 3.05) is 26.2 Å². The molecule has 0 radical (unpaired) electrons. The summed E-state index contributed by atoms with van der Waals surface area (Å²) in [7, 11) is -4.16. The second kappa shape index (κ2) is 8.72. The highest BCUT2D eigenvalue weighted by atomic mass is 35.5. The van der Waals surface area contributed by atoms with Crippen LogP contribution < -0.4 is 0 Å². The largest absolute Gasteiger partial charge is 0.417 e. The highest BCUT2D eigenvalue weighted by Crippen LogP contribution is 2.36. The van der Waals surface area contributed by atoms with Crippen molar-refractivity contribution in [3.05, 3.63) is 51.8 Å². The van der Waals surface area contributed by atoms with Gasteiger partial charge in [0.15, 0.2) is 0 Å². The summed E-state index contributed by atoms with van der Waals surface area (Å²) in [5.41, 5.74) is 1.18. The molecule has 1 aromatic carbocycles. The van der Waals surface area contributed by atoms with E-state index < -0.39 is 31.7 Å². The lowest BCUT2D eigenvalue weighted by molar-refractivity contribution is -0.137. The van der Waals surface area contributed by atoms with Gasteiger partial charge in [0.25, 0.3) is 5.91 Å². The second-order valence-electron chi connectivity index (χ2n) is 8.08. The lowest BCUT2D eigenvalue weighted by atomic mass is 10.2. The van der Waals surface area contributed by atoms with Crippen LogP contribution in [-0.2, 0) is 16.2 Å². The van der Waals surface area contributed by atoms with Crippen LogP contribution in [0.1, 0.15) is 47.2 Å². The Balaban J connectivity index is 1.77. The van der Waals surface area contributed by atoms with Crippen molar-refractivity contribution in [2.45, 2.75) is 44.8 Å². The average Bonchev–Trinajstić information content (AvgIpc) is 3.01. The Bertz CT molecular complexity index is 1140. The SMILES string of the molecule is Cc1cc(C(=O)N2CCN(S(=O)(=O)c3ccc(Cl)c(C(F)(F)F)c3)CC2)c(C)n1C(C)C. The van der Waals surface area contributed by atoms with Crippen molar-refractivity contribution < 1.29 is 26.4 Å². The molecule has 1 aliphatic rings. The summed E-state index contributed by atoms with van der Waals surface area (Å²) in [4.78, 5) is 14.1. The number of rotatable bonds is 4. The van der Waals surface area contributed by atoms with Crippen LogP contribution in [0.25, 0.3) is 0 Å². The molecule has 1 aliphatic heterocycles. The molecule has 11 heteroatoms. The maximum absolute atomic E-state index is 13.1. The maximum atomic E-state index is 13.1. The number of piperazine rings is 1. The highest BCUT2D eigenvalue weighted by molar-refractivity contribution is 7.89. The summed E-state index contributed by atoms with van der Waals surface area (Å²) in [6, 6.07) is 4.56. The molecule has 2 heterocycles. The Kier molecular flexibility index (Phi) is 6.70. The van der Waals surface area contributed by atoms with Crippen LogP contribution >= 0.6 is 11.6 Å². The topological polar surface area (TPSA) is 62.6 Å². The number of carbonyl (C=O) groups is 1. The van der Waals surface area contributed by atoms with Crippen LogP contribution in [0.4, 0.5) is 13.2 Å². The van der Waals surface area contributed by atoms with Crippen molar-refractivity contribution in [1.82, 2.24) is 13.8 Å². The van der Waals surface area contributed by atoms with Crippen LogP contribution in [0.5, 0.6) is 0 Å². The van der Waals surface area contributed by atoms with Gasteiger partial charge in [-0.25, -0.2) is 8.42 Å². The first kappa shape index (κ1) is 24.6. The van der Waals surface area contributed by atoms with Crippen molar-refractivity contribution in [3.8, 4) is 0 Å². The van der Waals surface area contributed by atoms with Gasteiger partial charge in [-0.15, -0.1) is 0 Å². The smallest absolute Gasteiger partial charge is 0.346 e. The van der Waals surface area contributed by atoms with E-state index in [9.17, 15) is 26.4 Å². The minimum absolute atomic E-state index is 0.0129. The molecule has 0 atom stereocenters. The Morgan fingerprint density at radius 2 is 1.66 bits per heavy atom. The monoisotopic (exact) mass is 491 g/mol. The first-order valence-corrected chi connectivity index (χ1v) is 11.9. The average molecular weight is 492 g/mol. The minimum atomic E-state index is -4.77. The minimum Gasteiger partial charge on any atom is -0.346 e. The third-order valence-electron chi connectivity index (χ3n) is 5.64. The van der Waals surface area contributed by atoms with E-state index in [1.807, 2.05) is 33.8 Å². The molecule has 32 heavy (non-hydrogen) atoms. The predicted molar refractivity (Wildman–Crippen MR) is 115 cm³/mol. The number of benzene rings is 1. The molecule has 0 N–H and O–H groups in total. The predicted octanol–water partition coefficient (Wildman–Crippen LogP) is 4.50. The third-order valence-corrected chi connectivity index (χ3v) is 7.86. The van der Waals surface area contributed by atoms with E-state index in [-0.39, 0.29) is 38.1 Å². The number of nitrogens with zero attached hydrogens (tertiary/aromatic N) is 3. The molecule has 1 aromatic heterocycles. The zero-order valence-electron chi connectivity index (χ0n) is 18.2. The van der Waals surface area contributed by atoms with Crippen LogP contribution in [-0.4, -0.2) is 54.3 Å². The number of aryl methyl sites for hydroxylation is 1. The highest BCUT2D eigenvalue weighted by Gasteiger charge is 2.36. The molecule has 1 amide bonds. The summed E-state index contributed by atoms with van der Waals surface area (Å²) in [6.07, 6.45) is -4.77. The van der Waals surface area contributed by atoms with Crippen LogP contribution in [0.15, 0.2) is 29.2 Å². The molecule has 1 saturated heterocycles. The van der Waals surface area contributed by atoms with E-state index in [1.54, 1.807) is 4.90 Å². The summed E-state index contributed by atoms with van der Waals surface area (Å²) in [6.45, 7) is 8.11. The second-order valence-corrected chi connectivity index (χ2v) is 10.4. The van der Waals surface area contributed by atoms with E-state index in [0.717, 1.165) is 27.8 Å². The van der Waals surface area contributed by atoms with E-state index in [0.29, 0.717) is 11.6 Å². The standard InChI is InChI=1S/C21H25ClF3N3O3S/c1-13(2)28-14(3)11-17(15(28)4)20(29)26-7-9-27(10-8-26)32(30,31)16-5-6-19(22)18(12-16)21(23,24)25/h5-6,11-13H,7-10H2,1-4H3. The van der Waals surface area contributed by atoms with Crippen LogP contribution in [0, 0.1) is 13.8 Å². The Morgan fingerprint density at radius 3 is 2.16 bits per heavy atom. The van der Waals surface area contributed by atoms with Gasteiger partial charge in [0.2, 0.25) is 10.0 Å². The van der Waals surface area contributed by atoms with Crippen molar-refractivity contribution in [1.29, 1.82) is 0 Å². The van der Waals surface area contributed by atoms with E-state index in [1.165, 1.54) is 0 Å². The normalized spacial score (nSPS) is 16.1. The van der Waals surface area contributed by atoms with Crippen LogP contribution in [0.2, 0.25) is 5.02 Å². The summed E-state index contributed by atoms with van der Waals surface area (Å²) < 4.78 is 68.4. The Labute approximate surface area is 190 Å². The number of sulfonamides is 1. The summed E-state index contributed by atoms with van der Waals surface area (Å²) >= 11 is 5.60. The first-order chi connectivity index (χ1) is 14.7. The van der Waals surface area contributed by atoms with Crippen molar-refractivity contribution >= 4 is 27.5 Å². The molecule has 2 aromatic rings. The summed E-state index contributed by atoms with van der Waals surface area (Å²) in [5.74, 6) is -0.187. The van der Waals surface area contributed by atoms with Gasteiger partial charge in [0, 0.05) is 43.6 Å². The molecule has 0 spiro atoms. The lowest BCUT2D eigenvalue weighted by Crippen LogP contribution is -2.50. The molecule has 6 nitrogen and oxygen atoms in total. The Hall–Kier alpha value is -2.04. The van der Waals surface area contributed by atoms with Crippen molar-refractivity contribution in [2.24, 2.45) is 0 Å². The zero-order valence-corrected chi connectivity index (χ0v) is 19.8. The maximum Gasteiger partial charge on any atom is 0.417 e. The first-order valence-electron chi connectivity index (χ1n) is 10.1. The third kappa shape index (κ3) is 4.53. The molecule has 0 bridgehead atoms. The number of hydrogen-bond donors (Lipinski definition) is 0. The van der Waals surface area contributed by atoms with Crippen molar-refractivity contribution in [3.63, 3.8) is 0 Å². The molecule has 3 rings (SSSR count). The Morgan fingerprint density at radius 1 is 1.06 bits per heavy atom. The van der Waals surface area contributed by atoms with Gasteiger partial charge in [-0.05, 0) is 52.0 Å². The number of carbonyl (C=O) groups excluding carboxylic acids is 1. The van der Waals surface area contributed by atoms with Gasteiger partial charge in [-0.2, -0.15) is 17.5 Å². The van der Waals surface area contributed by atoms with Gasteiger partial charge in [0.1, 0.15) is 0 Å². The zero-order chi connectivity index (χ0) is 24.0. The number of aromatic nitrogens is 1. The van der Waals surface area contributed by atoms with Crippen LogP contribution in [0.3, 0.4) is 0 Å².